The van der Waals surface area contributed by atoms with Crippen molar-refractivity contribution in [1.29, 1.82) is 0 Å². The van der Waals surface area contributed by atoms with Crippen LogP contribution in [0.4, 0.5) is 0 Å². The number of carbonyl (C=O) groups excluding carboxylic acids is 2. The number of esters is 1. The molecule has 0 spiro atoms. The molecule has 1 aromatic rings. The van der Waals surface area contributed by atoms with Crippen LogP contribution >= 0.6 is 0 Å². The van der Waals surface area contributed by atoms with Gasteiger partial charge in [0.15, 0.2) is 6.61 Å². The number of amides is 1. The summed E-state index contributed by atoms with van der Waals surface area (Å²) in [4.78, 5) is 23.6. The maximum absolute atomic E-state index is 12.1. The summed E-state index contributed by atoms with van der Waals surface area (Å²) >= 11 is 0. The fourth-order valence-electron chi connectivity index (χ4n) is 1.99. The molecule has 3 N–H and O–H groups in total. The molecule has 0 bridgehead atoms. The second-order valence-corrected chi connectivity index (χ2v) is 6.63. The summed E-state index contributed by atoms with van der Waals surface area (Å²) in [6.07, 6.45) is 1.53. The van der Waals surface area contributed by atoms with Gasteiger partial charge in [-0.2, -0.15) is 0 Å². The van der Waals surface area contributed by atoms with Crippen molar-refractivity contribution in [3.63, 3.8) is 0 Å². The van der Waals surface area contributed by atoms with Gasteiger partial charge in [-0.15, -0.1) is 0 Å². The van der Waals surface area contributed by atoms with Crippen molar-refractivity contribution in [2.45, 2.75) is 37.6 Å². The highest BCUT2D eigenvalue weighted by Crippen LogP contribution is 2.22. The van der Waals surface area contributed by atoms with Crippen LogP contribution in [0.1, 0.15) is 37.0 Å². The molecule has 0 saturated carbocycles. The van der Waals surface area contributed by atoms with Crippen LogP contribution in [0.25, 0.3) is 0 Å². The minimum Gasteiger partial charge on any atom is -0.496 e. The lowest BCUT2D eigenvalue weighted by atomic mass is 10.2. The Morgan fingerprint density at radius 3 is 2.38 bits per heavy atom. The number of sulfonamides is 1. The quantitative estimate of drug-likeness (QED) is 0.662. The standard InChI is InChI=1S/C15H22N2O6S/c1-4-10(5-2)17-14(18)9-23-15(19)12-8-11(24(16,20)21)6-7-13(12)22-3/h6-8,10H,4-5,9H2,1-3H3,(H,17,18)(H2,16,20,21). The van der Waals surface area contributed by atoms with Crippen LogP contribution in [0, 0.1) is 0 Å². The zero-order valence-electron chi connectivity index (χ0n) is 13.9. The zero-order chi connectivity index (χ0) is 18.3. The molecule has 0 heterocycles. The van der Waals surface area contributed by atoms with Gasteiger partial charge in [-0.3, -0.25) is 4.79 Å². The molecule has 0 fully saturated rings. The highest BCUT2D eigenvalue weighted by Gasteiger charge is 2.19. The lowest BCUT2D eigenvalue weighted by molar-refractivity contribution is -0.125. The summed E-state index contributed by atoms with van der Waals surface area (Å²) in [5, 5.41) is 7.76. The van der Waals surface area contributed by atoms with Crippen molar-refractivity contribution in [3.05, 3.63) is 23.8 Å². The van der Waals surface area contributed by atoms with E-state index in [0.717, 1.165) is 18.9 Å². The summed E-state index contributed by atoms with van der Waals surface area (Å²) in [5.41, 5.74) is -0.126. The maximum Gasteiger partial charge on any atom is 0.342 e. The average Bonchev–Trinajstić information content (AvgIpc) is 2.55. The number of nitrogens with one attached hydrogen (secondary N) is 1. The Hall–Kier alpha value is -2.13. The fraction of sp³-hybridized carbons (Fsp3) is 0.467. The number of benzene rings is 1. The van der Waals surface area contributed by atoms with E-state index in [4.69, 9.17) is 14.6 Å². The monoisotopic (exact) mass is 358 g/mol. The van der Waals surface area contributed by atoms with Crippen molar-refractivity contribution in [2.24, 2.45) is 5.14 Å². The van der Waals surface area contributed by atoms with Crippen LogP contribution < -0.4 is 15.2 Å². The van der Waals surface area contributed by atoms with Gasteiger partial charge in [-0.25, -0.2) is 18.4 Å². The first-order chi connectivity index (χ1) is 11.2. The van der Waals surface area contributed by atoms with Gasteiger partial charge in [0.25, 0.3) is 5.91 Å². The summed E-state index contributed by atoms with van der Waals surface area (Å²) in [6, 6.07) is 3.57. The highest BCUT2D eigenvalue weighted by molar-refractivity contribution is 7.89. The number of methoxy groups -OCH3 is 1. The average molecular weight is 358 g/mol. The molecule has 1 rings (SSSR count). The zero-order valence-corrected chi connectivity index (χ0v) is 14.7. The van der Waals surface area contributed by atoms with Gasteiger partial charge in [-0.05, 0) is 31.0 Å². The summed E-state index contributed by atoms with van der Waals surface area (Å²) in [5.74, 6) is -1.19. The van der Waals surface area contributed by atoms with Crippen molar-refractivity contribution in [2.75, 3.05) is 13.7 Å². The van der Waals surface area contributed by atoms with Crippen molar-refractivity contribution >= 4 is 21.9 Å². The molecule has 0 aliphatic carbocycles. The number of hydrogen-bond acceptors (Lipinski definition) is 6. The molecule has 0 aromatic heterocycles. The largest absolute Gasteiger partial charge is 0.496 e. The highest BCUT2D eigenvalue weighted by atomic mass is 32.2. The van der Waals surface area contributed by atoms with Gasteiger partial charge in [0.05, 0.1) is 12.0 Å². The number of hydrogen-bond donors (Lipinski definition) is 2. The second-order valence-electron chi connectivity index (χ2n) is 5.06. The molecule has 0 atom stereocenters. The Morgan fingerprint density at radius 2 is 1.88 bits per heavy atom. The van der Waals surface area contributed by atoms with Gasteiger partial charge < -0.3 is 14.8 Å². The Morgan fingerprint density at radius 1 is 1.25 bits per heavy atom. The van der Waals surface area contributed by atoms with E-state index in [1.54, 1.807) is 0 Å². The first kappa shape index (κ1) is 19.9. The molecule has 0 aliphatic rings. The van der Waals surface area contributed by atoms with Crippen LogP contribution in [-0.4, -0.2) is 40.1 Å². The first-order valence-electron chi connectivity index (χ1n) is 7.40. The molecular formula is C15H22N2O6S. The minimum absolute atomic E-state index is 0.0106. The third kappa shape index (κ3) is 5.50. The van der Waals surface area contributed by atoms with Crippen molar-refractivity contribution in [1.82, 2.24) is 5.32 Å². The molecule has 9 heteroatoms. The van der Waals surface area contributed by atoms with Crippen LogP contribution in [0.2, 0.25) is 0 Å². The molecule has 0 unspecified atom stereocenters. The molecule has 8 nitrogen and oxygen atoms in total. The topological polar surface area (TPSA) is 125 Å². The third-order valence-electron chi connectivity index (χ3n) is 3.40. The molecule has 0 radical (unpaired) electrons. The van der Waals surface area contributed by atoms with Crippen LogP contribution in [0.5, 0.6) is 5.75 Å². The molecule has 24 heavy (non-hydrogen) atoms. The number of rotatable bonds is 8. The SMILES string of the molecule is CCC(CC)NC(=O)COC(=O)c1cc(S(N)(=O)=O)ccc1OC. The lowest BCUT2D eigenvalue weighted by Gasteiger charge is -2.15. The minimum atomic E-state index is -3.98. The van der Waals surface area contributed by atoms with E-state index in [1.165, 1.54) is 19.2 Å². The fourth-order valence-corrected chi connectivity index (χ4v) is 2.53. The van der Waals surface area contributed by atoms with Gasteiger partial charge in [0.1, 0.15) is 11.3 Å². The molecule has 1 amide bonds. The van der Waals surface area contributed by atoms with Gasteiger partial charge in [0, 0.05) is 6.04 Å². The molecule has 1 aromatic carbocycles. The van der Waals surface area contributed by atoms with Gasteiger partial charge >= 0.3 is 5.97 Å². The molecule has 0 saturated heterocycles. The lowest BCUT2D eigenvalue weighted by Crippen LogP contribution is -2.36. The number of primary sulfonamides is 1. The van der Waals surface area contributed by atoms with E-state index < -0.39 is 28.5 Å². The molecule has 134 valence electrons. The number of carbonyl (C=O) groups is 2. The Bertz CT molecular complexity index is 698. The molecule has 0 aliphatic heterocycles. The summed E-state index contributed by atoms with van der Waals surface area (Å²) in [6.45, 7) is 3.40. The van der Waals surface area contributed by atoms with E-state index in [2.05, 4.69) is 5.32 Å². The maximum atomic E-state index is 12.1. The van der Waals surface area contributed by atoms with Crippen molar-refractivity contribution < 1.29 is 27.5 Å². The second kappa shape index (κ2) is 8.65. The Kier molecular flexibility index (Phi) is 7.18. The van der Waals surface area contributed by atoms with Crippen LogP contribution in [0.3, 0.4) is 0 Å². The van der Waals surface area contributed by atoms with E-state index in [-0.39, 0.29) is 22.3 Å². The number of nitrogens with two attached hydrogens (primary N) is 1. The first-order valence-corrected chi connectivity index (χ1v) is 8.94. The van der Waals surface area contributed by atoms with E-state index in [0.29, 0.717) is 0 Å². The van der Waals surface area contributed by atoms with E-state index >= 15 is 0 Å². The van der Waals surface area contributed by atoms with E-state index in [1.807, 2.05) is 13.8 Å². The molecular weight excluding hydrogens is 336 g/mol. The van der Waals surface area contributed by atoms with Crippen LogP contribution in [0.15, 0.2) is 23.1 Å². The number of ether oxygens (including phenoxy) is 2. The summed E-state index contributed by atoms with van der Waals surface area (Å²) < 4.78 is 32.7. The predicted octanol–water partition coefficient (Wildman–Crippen LogP) is 0.804. The smallest absolute Gasteiger partial charge is 0.342 e. The predicted molar refractivity (Wildman–Crippen MR) is 87.2 cm³/mol. The normalized spacial score (nSPS) is 11.2. The van der Waals surface area contributed by atoms with Gasteiger partial charge in [-0.1, -0.05) is 13.8 Å². The van der Waals surface area contributed by atoms with E-state index in [9.17, 15) is 18.0 Å². The summed E-state index contributed by atoms with van der Waals surface area (Å²) in [7, 11) is -2.66. The third-order valence-corrected chi connectivity index (χ3v) is 4.32. The van der Waals surface area contributed by atoms with Gasteiger partial charge in [0.2, 0.25) is 10.0 Å². The Labute approximate surface area is 141 Å². The van der Waals surface area contributed by atoms with Crippen LogP contribution in [-0.2, 0) is 19.6 Å². The van der Waals surface area contributed by atoms with Crippen molar-refractivity contribution in [3.8, 4) is 5.75 Å². The Balaban J connectivity index is 2.85.